The van der Waals surface area contributed by atoms with Crippen LogP contribution >= 0.6 is 11.8 Å². The number of thioether (sulfide) groups is 1. The Kier molecular flexibility index (Phi) is 8.40. The molecule has 0 aliphatic carbocycles. The van der Waals surface area contributed by atoms with Crippen molar-refractivity contribution in [2.75, 3.05) is 12.3 Å². The van der Waals surface area contributed by atoms with Gasteiger partial charge < -0.3 is 10.2 Å². The van der Waals surface area contributed by atoms with Gasteiger partial charge in [0, 0.05) is 18.0 Å². The predicted molar refractivity (Wildman–Crippen MR) is 112 cm³/mol. The molecule has 0 spiro atoms. The molecular weight excluding hydrogens is 356 g/mol. The molecule has 5 heteroatoms. The van der Waals surface area contributed by atoms with Crippen molar-refractivity contribution in [1.29, 1.82) is 0 Å². The van der Waals surface area contributed by atoms with E-state index in [2.05, 4.69) is 11.4 Å². The van der Waals surface area contributed by atoms with Crippen LogP contribution in [0.1, 0.15) is 31.4 Å². The van der Waals surface area contributed by atoms with Gasteiger partial charge in [0.2, 0.25) is 11.8 Å². The second kappa shape index (κ2) is 10.8. The molecule has 1 N–H and O–H groups in total. The fraction of sp³-hybridized carbons (Fsp3) is 0.364. The minimum Gasteiger partial charge on any atom is -0.355 e. The Balaban J connectivity index is 2.18. The van der Waals surface area contributed by atoms with Crippen molar-refractivity contribution >= 4 is 23.6 Å². The van der Waals surface area contributed by atoms with Crippen molar-refractivity contribution in [1.82, 2.24) is 10.2 Å². The lowest BCUT2D eigenvalue weighted by Crippen LogP contribution is -2.49. The summed E-state index contributed by atoms with van der Waals surface area (Å²) in [6.45, 7) is 6.86. The highest BCUT2D eigenvalue weighted by Gasteiger charge is 2.28. The Morgan fingerprint density at radius 2 is 1.81 bits per heavy atom. The third-order valence-electron chi connectivity index (χ3n) is 4.28. The number of hydrogen-bond donors (Lipinski definition) is 1. The van der Waals surface area contributed by atoms with Crippen molar-refractivity contribution in [3.63, 3.8) is 0 Å². The summed E-state index contributed by atoms with van der Waals surface area (Å²) in [6.07, 6.45) is 0.583. The molecule has 144 valence electrons. The minimum atomic E-state index is -0.464. The van der Waals surface area contributed by atoms with Crippen molar-refractivity contribution < 1.29 is 9.59 Å². The number of rotatable bonds is 9. The van der Waals surface area contributed by atoms with E-state index in [1.54, 1.807) is 4.90 Å². The summed E-state index contributed by atoms with van der Waals surface area (Å²) in [6, 6.07) is 17.5. The van der Waals surface area contributed by atoms with Gasteiger partial charge in [-0.15, -0.1) is 11.8 Å². The van der Waals surface area contributed by atoms with E-state index in [0.29, 0.717) is 25.3 Å². The number of nitrogens with one attached hydrogen (secondary N) is 1. The first-order chi connectivity index (χ1) is 13.0. The average molecular weight is 385 g/mol. The van der Waals surface area contributed by atoms with E-state index in [-0.39, 0.29) is 11.8 Å². The number of carbonyl (C=O) groups excluding carboxylic acids is 2. The third-order valence-corrected chi connectivity index (χ3v) is 5.27. The van der Waals surface area contributed by atoms with Gasteiger partial charge in [-0.2, -0.15) is 0 Å². The number of likely N-dealkylation sites (N-methyl/N-ethyl adjacent to an activating group) is 1. The maximum Gasteiger partial charge on any atom is 0.242 e. The van der Waals surface area contributed by atoms with Crippen LogP contribution < -0.4 is 5.32 Å². The number of benzene rings is 2. The zero-order valence-electron chi connectivity index (χ0n) is 16.3. The van der Waals surface area contributed by atoms with Crippen molar-refractivity contribution in [3.8, 4) is 0 Å². The van der Waals surface area contributed by atoms with E-state index in [1.807, 2.05) is 69.3 Å². The standard InChI is InChI=1S/C22H28N2O2S/c1-4-20(22(26)23-5-2)24(15-18-11-9-10-17(3)14-18)21(25)16-27-19-12-7-6-8-13-19/h6-14,20H,4-5,15-16H2,1-3H3,(H,23,26). The molecule has 2 rings (SSSR count). The summed E-state index contributed by atoms with van der Waals surface area (Å²) in [5.74, 6) is 0.195. The molecule has 2 aromatic carbocycles. The summed E-state index contributed by atoms with van der Waals surface area (Å²) in [5.41, 5.74) is 2.18. The van der Waals surface area contributed by atoms with Crippen LogP contribution in [0.2, 0.25) is 0 Å². The molecule has 0 saturated carbocycles. The van der Waals surface area contributed by atoms with E-state index in [0.717, 1.165) is 16.0 Å². The molecule has 0 aliphatic heterocycles. The Morgan fingerprint density at radius 1 is 1.07 bits per heavy atom. The molecule has 2 aromatic rings. The maximum absolute atomic E-state index is 13.0. The van der Waals surface area contributed by atoms with Crippen LogP contribution in [-0.2, 0) is 16.1 Å². The van der Waals surface area contributed by atoms with Crippen LogP contribution in [0.5, 0.6) is 0 Å². The van der Waals surface area contributed by atoms with Crippen LogP contribution in [0.4, 0.5) is 0 Å². The van der Waals surface area contributed by atoms with Gasteiger partial charge in [-0.1, -0.05) is 55.0 Å². The van der Waals surface area contributed by atoms with Gasteiger partial charge in [-0.05, 0) is 38.0 Å². The molecule has 0 heterocycles. The summed E-state index contributed by atoms with van der Waals surface area (Å²) in [5, 5.41) is 2.86. The lowest BCUT2D eigenvalue weighted by atomic mass is 10.1. The summed E-state index contributed by atoms with van der Waals surface area (Å²) in [4.78, 5) is 28.3. The van der Waals surface area contributed by atoms with Gasteiger partial charge in [-0.25, -0.2) is 0 Å². The number of hydrogen-bond acceptors (Lipinski definition) is 3. The molecule has 1 unspecified atom stereocenters. The van der Waals surface area contributed by atoms with Crippen LogP contribution in [0, 0.1) is 6.92 Å². The van der Waals surface area contributed by atoms with E-state index in [9.17, 15) is 9.59 Å². The Bertz CT molecular complexity index is 749. The average Bonchev–Trinajstić information content (AvgIpc) is 2.67. The molecule has 0 saturated heterocycles. The number of nitrogens with zero attached hydrogens (tertiary/aromatic N) is 1. The van der Waals surface area contributed by atoms with Gasteiger partial charge in [0.1, 0.15) is 6.04 Å². The Labute approximate surface area is 166 Å². The van der Waals surface area contributed by atoms with E-state index >= 15 is 0 Å². The minimum absolute atomic E-state index is 0.0246. The van der Waals surface area contributed by atoms with Crippen LogP contribution in [0.15, 0.2) is 59.5 Å². The van der Waals surface area contributed by atoms with Crippen molar-refractivity contribution in [2.45, 2.75) is 44.7 Å². The molecule has 0 fully saturated rings. The first kappa shape index (κ1) is 21.0. The molecule has 27 heavy (non-hydrogen) atoms. The van der Waals surface area contributed by atoms with Crippen LogP contribution in [0.3, 0.4) is 0 Å². The predicted octanol–water partition coefficient (Wildman–Crippen LogP) is 4.03. The third kappa shape index (κ3) is 6.43. The van der Waals surface area contributed by atoms with E-state index in [4.69, 9.17) is 0 Å². The Morgan fingerprint density at radius 3 is 2.44 bits per heavy atom. The summed E-state index contributed by atoms with van der Waals surface area (Å²) >= 11 is 1.50. The van der Waals surface area contributed by atoms with Gasteiger partial charge in [0.05, 0.1) is 5.75 Å². The highest BCUT2D eigenvalue weighted by Crippen LogP contribution is 2.20. The number of aryl methyl sites for hydroxylation is 1. The van der Waals surface area contributed by atoms with E-state index < -0.39 is 6.04 Å². The summed E-state index contributed by atoms with van der Waals surface area (Å²) in [7, 11) is 0. The van der Waals surface area contributed by atoms with Crippen LogP contribution in [-0.4, -0.2) is 35.1 Å². The van der Waals surface area contributed by atoms with E-state index in [1.165, 1.54) is 11.8 Å². The van der Waals surface area contributed by atoms with Crippen molar-refractivity contribution in [3.05, 3.63) is 65.7 Å². The first-order valence-electron chi connectivity index (χ1n) is 9.35. The maximum atomic E-state index is 13.0. The van der Waals surface area contributed by atoms with Crippen LogP contribution in [0.25, 0.3) is 0 Å². The number of carbonyl (C=O) groups is 2. The zero-order valence-corrected chi connectivity index (χ0v) is 17.1. The lowest BCUT2D eigenvalue weighted by molar-refractivity contribution is -0.139. The smallest absolute Gasteiger partial charge is 0.242 e. The molecule has 0 aliphatic rings. The normalized spacial score (nSPS) is 11.7. The van der Waals surface area contributed by atoms with Gasteiger partial charge in [0.25, 0.3) is 0 Å². The molecule has 1 atom stereocenters. The molecule has 2 amide bonds. The highest BCUT2D eigenvalue weighted by atomic mass is 32.2. The molecule has 0 bridgehead atoms. The molecule has 4 nitrogen and oxygen atoms in total. The number of amides is 2. The Hall–Kier alpha value is -2.27. The quantitative estimate of drug-likeness (QED) is 0.664. The molecular formula is C22H28N2O2S. The van der Waals surface area contributed by atoms with Crippen molar-refractivity contribution in [2.24, 2.45) is 0 Å². The lowest BCUT2D eigenvalue weighted by Gasteiger charge is -2.30. The largest absolute Gasteiger partial charge is 0.355 e. The van der Waals surface area contributed by atoms with Gasteiger partial charge >= 0.3 is 0 Å². The van der Waals surface area contributed by atoms with Gasteiger partial charge in [-0.3, -0.25) is 9.59 Å². The monoisotopic (exact) mass is 384 g/mol. The molecule has 0 radical (unpaired) electrons. The fourth-order valence-electron chi connectivity index (χ4n) is 2.96. The molecule has 0 aromatic heterocycles. The topological polar surface area (TPSA) is 49.4 Å². The zero-order chi connectivity index (χ0) is 19.6. The van der Waals surface area contributed by atoms with Gasteiger partial charge in [0.15, 0.2) is 0 Å². The highest BCUT2D eigenvalue weighted by molar-refractivity contribution is 8.00. The fourth-order valence-corrected chi connectivity index (χ4v) is 3.77. The second-order valence-corrected chi connectivity index (χ2v) is 7.48. The SMILES string of the molecule is CCNC(=O)C(CC)N(Cc1cccc(C)c1)C(=O)CSc1ccccc1. The second-order valence-electron chi connectivity index (χ2n) is 6.43. The summed E-state index contributed by atoms with van der Waals surface area (Å²) < 4.78 is 0. The first-order valence-corrected chi connectivity index (χ1v) is 10.3.